The highest BCUT2D eigenvalue weighted by atomic mass is 16.4. The third kappa shape index (κ3) is 3.02. The molecule has 1 N–H and O–H groups in total. The van der Waals surface area contributed by atoms with Gasteiger partial charge in [0.1, 0.15) is 0 Å². The second-order valence-electron chi connectivity index (χ2n) is 5.81. The number of nitrogens with zero attached hydrogens (tertiary/aromatic N) is 2. The summed E-state index contributed by atoms with van der Waals surface area (Å²) in [4.78, 5) is 17.5. The van der Waals surface area contributed by atoms with E-state index in [9.17, 15) is 4.79 Å². The number of pyridine rings is 1. The van der Waals surface area contributed by atoms with Crippen LogP contribution in [0.2, 0.25) is 0 Å². The molecule has 4 nitrogen and oxygen atoms in total. The van der Waals surface area contributed by atoms with Crippen molar-refractivity contribution in [2.75, 3.05) is 13.1 Å². The van der Waals surface area contributed by atoms with Crippen LogP contribution in [0.5, 0.6) is 0 Å². The fraction of sp³-hybridized carbons (Fsp3) is 0.333. The fourth-order valence-electron chi connectivity index (χ4n) is 3.01. The van der Waals surface area contributed by atoms with Crippen LogP contribution in [0.25, 0.3) is 11.1 Å². The Morgan fingerprint density at radius 3 is 2.45 bits per heavy atom. The Bertz CT molecular complexity index is 661. The van der Waals surface area contributed by atoms with Gasteiger partial charge in [-0.15, -0.1) is 0 Å². The van der Waals surface area contributed by atoms with Crippen molar-refractivity contribution in [2.45, 2.75) is 25.8 Å². The van der Waals surface area contributed by atoms with Crippen molar-refractivity contribution in [3.8, 4) is 11.1 Å². The molecule has 1 aromatic carbocycles. The largest absolute Gasteiger partial charge is 0.478 e. The topological polar surface area (TPSA) is 53.4 Å². The van der Waals surface area contributed by atoms with Crippen LogP contribution in [0.4, 0.5) is 0 Å². The van der Waals surface area contributed by atoms with Gasteiger partial charge in [0.2, 0.25) is 0 Å². The average Bonchev–Trinajstić information content (AvgIpc) is 3.09. The molecule has 2 aromatic rings. The van der Waals surface area contributed by atoms with Gasteiger partial charge < -0.3 is 5.11 Å². The zero-order chi connectivity index (χ0) is 15.5. The van der Waals surface area contributed by atoms with E-state index in [2.05, 4.69) is 28.9 Å². The van der Waals surface area contributed by atoms with E-state index in [1.165, 1.54) is 37.7 Å². The molecule has 0 amide bonds. The number of benzene rings is 1. The van der Waals surface area contributed by atoms with Gasteiger partial charge in [0.15, 0.2) is 0 Å². The molecule has 1 saturated heterocycles. The minimum atomic E-state index is -0.950. The zero-order valence-corrected chi connectivity index (χ0v) is 12.7. The molecule has 114 valence electrons. The quantitative estimate of drug-likeness (QED) is 0.936. The van der Waals surface area contributed by atoms with Gasteiger partial charge >= 0.3 is 5.97 Å². The molecular weight excluding hydrogens is 276 g/mol. The first-order valence-corrected chi connectivity index (χ1v) is 7.68. The second kappa shape index (κ2) is 6.28. The van der Waals surface area contributed by atoms with E-state index >= 15 is 0 Å². The van der Waals surface area contributed by atoms with E-state index in [1.807, 2.05) is 12.1 Å². The summed E-state index contributed by atoms with van der Waals surface area (Å²) in [6.07, 6.45) is 5.65. The number of carbonyl (C=O) groups is 1. The lowest BCUT2D eigenvalue weighted by Gasteiger charge is -2.24. The van der Waals surface area contributed by atoms with E-state index in [0.29, 0.717) is 6.04 Å². The van der Waals surface area contributed by atoms with Crippen LogP contribution in [0.1, 0.15) is 41.7 Å². The molecule has 1 aliphatic heterocycles. The lowest BCUT2D eigenvalue weighted by Crippen LogP contribution is -2.23. The smallest absolute Gasteiger partial charge is 0.337 e. The number of likely N-dealkylation sites (tertiary alicyclic amines) is 1. The van der Waals surface area contributed by atoms with Crippen molar-refractivity contribution in [3.63, 3.8) is 0 Å². The number of aromatic carboxylic acids is 1. The Labute approximate surface area is 130 Å². The number of aromatic nitrogens is 1. The molecule has 1 aromatic heterocycles. The predicted octanol–water partition coefficient (Wildman–Crippen LogP) is 3.60. The first-order chi connectivity index (χ1) is 10.6. The van der Waals surface area contributed by atoms with E-state index < -0.39 is 5.97 Å². The highest BCUT2D eigenvalue weighted by Gasteiger charge is 2.19. The lowest BCUT2D eigenvalue weighted by atomic mass is 10.0. The Balaban J connectivity index is 1.81. The molecule has 0 aliphatic carbocycles. The van der Waals surface area contributed by atoms with Crippen LogP contribution in [0, 0.1) is 0 Å². The van der Waals surface area contributed by atoms with E-state index in [-0.39, 0.29) is 5.56 Å². The summed E-state index contributed by atoms with van der Waals surface area (Å²) < 4.78 is 0. The standard InChI is InChI=1S/C18H20N2O2/c1-13(20-8-2-3-9-20)14-4-6-15(7-5-14)16-10-17(18(21)22)12-19-11-16/h4-7,10-13H,2-3,8-9H2,1H3,(H,21,22). The van der Waals surface area contributed by atoms with E-state index in [0.717, 1.165) is 11.1 Å². The summed E-state index contributed by atoms with van der Waals surface area (Å²) in [7, 11) is 0. The molecule has 1 unspecified atom stereocenters. The van der Waals surface area contributed by atoms with Crippen molar-refractivity contribution in [1.29, 1.82) is 0 Å². The summed E-state index contributed by atoms with van der Waals surface area (Å²) in [6.45, 7) is 4.59. The lowest BCUT2D eigenvalue weighted by molar-refractivity contribution is 0.0696. The molecule has 4 heteroatoms. The fourth-order valence-corrected chi connectivity index (χ4v) is 3.01. The van der Waals surface area contributed by atoms with Crippen LogP contribution >= 0.6 is 0 Å². The monoisotopic (exact) mass is 296 g/mol. The first kappa shape index (κ1) is 14.7. The maximum atomic E-state index is 11.0. The highest BCUT2D eigenvalue weighted by Crippen LogP contribution is 2.27. The van der Waals surface area contributed by atoms with Crippen LogP contribution in [-0.4, -0.2) is 34.0 Å². The molecule has 1 atom stereocenters. The van der Waals surface area contributed by atoms with Crippen molar-refractivity contribution in [3.05, 3.63) is 53.9 Å². The van der Waals surface area contributed by atoms with Gasteiger partial charge in [0, 0.05) is 24.0 Å². The van der Waals surface area contributed by atoms with Gasteiger partial charge in [-0.1, -0.05) is 24.3 Å². The van der Waals surface area contributed by atoms with Gasteiger partial charge in [0.25, 0.3) is 0 Å². The van der Waals surface area contributed by atoms with Crippen molar-refractivity contribution in [2.24, 2.45) is 0 Å². The Kier molecular flexibility index (Phi) is 4.20. The van der Waals surface area contributed by atoms with Gasteiger partial charge in [-0.25, -0.2) is 4.79 Å². The summed E-state index contributed by atoms with van der Waals surface area (Å²) in [5.41, 5.74) is 3.34. The summed E-state index contributed by atoms with van der Waals surface area (Å²) >= 11 is 0. The van der Waals surface area contributed by atoms with Crippen molar-refractivity contribution in [1.82, 2.24) is 9.88 Å². The Hall–Kier alpha value is -2.20. The summed E-state index contributed by atoms with van der Waals surface area (Å²) in [6, 6.07) is 10.4. The van der Waals surface area contributed by atoms with Crippen LogP contribution in [0.15, 0.2) is 42.7 Å². The van der Waals surface area contributed by atoms with E-state index in [4.69, 9.17) is 5.11 Å². The number of hydrogen-bond acceptors (Lipinski definition) is 3. The predicted molar refractivity (Wildman–Crippen MR) is 85.9 cm³/mol. The average molecular weight is 296 g/mol. The molecule has 0 saturated carbocycles. The van der Waals surface area contributed by atoms with Crippen molar-refractivity contribution >= 4 is 5.97 Å². The molecule has 3 rings (SSSR count). The van der Waals surface area contributed by atoms with Crippen LogP contribution in [0.3, 0.4) is 0 Å². The molecule has 0 bridgehead atoms. The normalized spacial score (nSPS) is 16.6. The Morgan fingerprint density at radius 1 is 1.14 bits per heavy atom. The minimum Gasteiger partial charge on any atom is -0.478 e. The number of rotatable bonds is 4. The Morgan fingerprint density at radius 2 is 1.82 bits per heavy atom. The molecule has 2 heterocycles. The first-order valence-electron chi connectivity index (χ1n) is 7.68. The summed E-state index contributed by atoms with van der Waals surface area (Å²) in [5.74, 6) is -0.950. The molecule has 1 aliphatic rings. The molecule has 22 heavy (non-hydrogen) atoms. The number of hydrogen-bond donors (Lipinski definition) is 1. The van der Waals surface area contributed by atoms with Crippen LogP contribution < -0.4 is 0 Å². The highest BCUT2D eigenvalue weighted by molar-refractivity contribution is 5.88. The number of carboxylic acids is 1. The third-order valence-corrected chi connectivity index (χ3v) is 4.40. The third-order valence-electron chi connectivity index (χ3n) is 4.40. The minimum absolute atomic E-state index is 0.215. The van der Waals surface area contributed by atoms with E-state index in [1.54, 1.807) is 12.3 Å². The number of carboxylic acid groups (broad SMARTS) is 1. The second-order valence-corrected chi connectivity index (χ2v) is 5.81. The van der Waals surface area contributed by atoms with Gasteiger partial charge in [-0.3, -0.25) is 9.88 Å². The summed E-state index contributed by atoms with van der Waals surface area (Å²) in [5, 5.41) is 9.05. The van der Waals surface area contributed by atoms with Crippen molar-refractivity contribution < 1.29 is 9.90 Å². The molecule has 0 spiro atoms. The SMILES string of the molecule is CC(c1ccc(-c2cncc(C(=O)O)c2)cc1)N1CCCC1. The molecule has 0 radical (unpaired) electrons. The maximum absolute atomic E-state index is 11.0. The zero-order valence-electron chi connectivity index (χ0n) is 12.7. The van der Waals surface area contributed by atoms with Crippen LogP contribution in [-0.2, 0) is 0 Å². The van der Waals surface area contributed by atoms with Gasteiger partial charge in [-0.05, 0) is 50.0 Å². The molecule has 1 fully saturated rings. The van der Waals surface area contributed by atoms with Gasteiger partial charge in [-0.2, -0.15) is 0 Å². The molecular formula is C18H20N2O2. The maximum Gasteiger partial charge on any atom is 0.337 e. The van der Waals surface area contributed by atoms with Gasteiger partial charge in [0.05, 0.1) is 5.56 Å².